The van der Waals surface area contributed by atoms with Crippen LogP contribution in [0.2, 0.25) is 0 Å². The van der Waals surface area contributed by atoms with Crippen molar-refractivity contribution in [1.29, 1.82) is 0 Å². The largest absolute Gasteiger partial charge is 0.496 e. The molecule has 4 rings (SSSR count). The first kappa shape index (κ1) is 19.3. The zero-order valence-electron chi connectivity index (χ0n) is 15.7. The molecule has 0 atom stereocenters. The van der Waals surface area contributed by atoms with Crippen LogP contribution in [-0.4, -0.2) is 23.0 Å². The zero-order chi connectivity index (χ0) is 21.1. The molecule has 2 aromatic heterocycles. The summed E-state index contributed by atoms with van der Waals surface area (Å²) in [5.41, 5.74) is 2.00. The molecule has 0 bridgehead atoms. The molecule has 0 radical (unpaired) electrons. The van der Waals surface area contributed by atoms with E-state index in [1.807, 2.05) is 24.3 Å². The molecule has 2 aromatic carbocycles. The van der Waals surface area contributed by atoms with Crippen LogP contribution in [0.1, 0.15) is 10.4 Å². The van der Waals surface area contributed by atoms with Crippen molar-refractivity contribution >= 4 is 11.6 Å². The standard InChI is InChI=1S/C22H15F2N3O3/c1-29-19-10-15(27-21(28)20-17(23)11-25-12-18(20)24)5-6-16(19)13-3-2-4-14(9-13)22-26-7-8-30-22/h2-12H,1H3,(H,27,28). The van der Waals surface area contributed by atoms with Gasteiger partial charge < -0.3 is 14.5 Å². The molecule has 0 fully saturated rings. The molecular formula is C22H15F2N3O3. The molecule has 2 heterocycles. The fraction of sp³-hybridized carbons (Fsp3) is 0.0455. The van der Waals surface area contributed by atoms with Crippen LogP contribution in [0.4, 0.5) is 14.5 Å². The molecule has 0 aliphatic carbocycles. The van der Waals surface area contributed by atoms with E-state index < -0.39 is 23.1 Å². The van der Waals surface area contributed by atoms with E-state index in [0.29, 0.717) is 17.3 Å². The molecule has 6 nitrogen and oxygen atoms in total. The summed E-state index contributed by atoms with van der Waals surface area (Å²) in [6, 6.07) is 12.4. The Morgan fingerprint density at radius 3 is 2.53 bits per heavy atom. The summed E-state index contributed by atoms with van der Waals surface area (Å²) in [6.45, 7) is 0. The third-order valence-corrected chi connectivity index (χ3v) is 4.39. The van der Waals surface area contributed by atoms with Crippen LogP contribution in [0.3, 0.4) is 0 Å². The van der Waals surface area contributed by atoms with Gasteiger partial charge in [-0.15, -0.1) is 0 Å². The number of hydrogen-bond donors (Lipinski definition) is 1. The number of halogens is 2. The number of carbonyl (C=O) groups is 1. The van der Waals surface area contributed by atoms with Crippen molar-refractivity contribution in [1.82, 2.24) is 9.97 Å². The van der Waals surface area contributed by atoms with E-state index in [1.54, 1.807) is 24.4 Å². The number of methoxy groups -OCH3 is 1. The summed E-state index contributed by atoms with van der Waals surface area (Å²) in [6.07, 6.45) is 4.62. The number of amides is 1. The molecule has 1 N–H and O–H groups in total. The molecule has 0 unspecified atom stereocenters. The summed E-state index contributed by atoms with van der Waals surface area (Å²) in [5, 5.41) is 2.48. The smallest absolute Gasteiger partial charge is 0.261 e. The number of ether oxygens (including phenoxy) is 1. The monoisotopic (exact) mass is 407 g/mol. The lowest BCUT2D eigenvalue weighted by atomic mass is 10.0. The van der Waals surface area contributed by atoms with Crippen molar-refractivity contribution in [3.63, 3.8) is 0 Å². The van der Waals surface area contributed by atoms with Gasteiger partial charge in [-0.3, -0.25) is 9.78 Å². The van der Waals surface area contributed by atoms with Gasteiger partial charge in [-0.1, -0.05) is 12.1 Å². The Morgan fingerprint density at radius 2 is 1.83 bits per heavy atom. The predicted molar refractivity (Wildman–Crippen MR) is 106 cm³/mol. The summed E-state index contributed by atoms with van der Waals surface area (Å²) in [7, 11) is 1.49. The molecule has 0 aliphatic rings. The minimum Gasteiger partial charge on any atom is -0.496 e. The van der Waals surface area contributed by atoms with Gasteiger partial charge in [0.2, 0.25) is 5.89 Å². The maximum atomic E-state index is 13.8. The minimum absolute atomic E-state index is 0.320. The number of anilines is 1. The number of aromatic nitrogens is 2. The van der Waals surface area contributed by atoms with Crippen LogP contribution in [0.15, 0.2) is 71.7 Å². The van der Waals surface area contributed by atoms with Crippen LogP contribution in [0.25, 0.3) is 22.6 Å². The highest BCUT2D eigenvalue weighted by molar-refractivity contribution is 6.04. The Labute approximate surface area is 170 Å². The van der Waals surface area contributed by atoms with E-state index in [0.717, 1.165) is 29.1 Å². The average molecular weight is 407 g/mol. The first-order chi connectivity index (χ1) is 14.6. The first-order valence-corrected chi connectivity index (χ1v) is 8.85. The van der Waals surface area contributed by atoms with Gasteiger partial charge >= 0.3 is 0 Å². The quantitative estimate of drug-likeness (QED) is 0.507. The summed E-state index contributed by atoms with van der Waals surface area (Å²) < 4.78 is 38.4. The summed E-state index contributed by atoms with van der Waals surface area (Å²) in [5.74, 6) is -2.05. The fourth-order valence-electron chi connectivity index (χ4n) is 3.02. The number of rotatable bonds is 5. The molecule has 4 aromatic rings. The molecule has 0 spiro atoms. The maximum absolute atomic E-state index is 13.8. The lowest BCUT2D eigenvalue weighted by molar-refractivity contribution is 0.101. The molecule has 8 heteroatoms. The topological polar surface area (TPSA) is 77.2 Å². The van der Waals surface area contributed by atoms with Crippen molar-refractivity contribution in [2.24, 2.45) is 0 Å². The van der Waals surface area contributed by atoms with Gasteiger partial charge in [0.25, 0.3) is 5.91 Å². The minimum atomic E-state index is -1.04. The number of nitrogens with one attached hydrogen (secondary N) is 1. The van der Waals surface area contributed by atoms with E-state index in [9.17, 15) is 13.6 Å². The van der Waals surface area contributed by atoms with Crippen LogP contribution < -0.4 is 10.1 Å². The van der Waals surface area contributed by atoms with Gasteiger partial charge in [-0.2, -0.15) is 0 Å². The Hall–Kier alpha value is -4.07. The number of pyridine rings is 1. The molecule has 150 valence electrons. The second-order valence-corrected chi connectivity index (χ2v) is 6.27. The number of benzene rings is 2. The number of oxazole rings is 1. The maximum Gasteiger partial charge on any atom is 0.261 e. The van der Waals surface area contributed by atoms with Crippen LogP contribution in [-0.2, 0) is 0 Å². The van der Waals surface area contributed by atoms with E-state index in [-0.39, 0.29) is 0 Å². The molecular weight excluding hydrogens is 392 g/mol. The zero-order valence-corrected chi connectivity index (χ0v) is 15.7. The molecule has 30 heavy (non-hydrogen) atoms. The lowest BCUT2D eigenvalue weighted by Gasteiger charge is -2.13. The molecule has 0 aliphatic heterocycles. The van der Waals surface area contributed by atoms with Crippen molar-refractivity contribution < 1.29 is 22.7 Å². The van der Waals surface area contributed by atoms with E-state index in [2.05, 4.69) is 15.3 Å². The number of hydrogen-bond acceptors (Lipinski definition) is 5. The van der Waals surface area contributed by atoms with Gasteiger partial charge in [-0.25, -0.2) is 13.8 Å². The van der Waals surface area contributed by atoms with E-state index >= 15 is 0 Å². The van der Waals surface area contributed by atoms with Gasteiger partial charge in [0, 0.05) is 22.9 Å². The third-order valence-electron chi connectivity index (χ3n) is 4.39. The number of nitrogens with zero attached hydrogens (tertiary/aromatic N) is 2. The van der Waals surface area contributed by atoms with Crippen LogP contribution in [0.5, 0.6) is 5.75 Å². The fourth-order valence-corrected chi connectivity index (χ4v) is 3.02. The normalized spacial score (nSPS) is 10.6. The highest BCUT2D eigenvalue weighted by Crippen LogP contribution is 2.34. The Bertz CT molecular complexity index is 1190. The molecule has 0 saturated heterocycles. The Balaban J connectivity index is 1.64. The Morgan fingerprint density at radius 1 is 1.07 bits per heavy atom. The SMILES string of the molecule is COc1cc(NC(=O)c2c(F)cncc2F)ccc1-c1cccc(-c2ncco2)c1. The highest BCUT2D eigenvalue weighted by Gasteiger charge is 2.18. The first-order valence-electron chi connectivity index (χ1n) is 8.85. The average Bonchev–Trinajstić information content (AvgIpc) is 3.28. The summed E-state index contributed by atoms with van der Waals surface area (Å²) >= 11 is 0. The van der Waals surface area contributed by atoms with Gasteiger partial charge in [0.05, 0.1) is 25.7 Å². The second kappa shape index (κ2) is 8.12. The van der Waals surface area contributed by atoms with Gasteiger partial charge in [0.1, 0.15) is 17.6 Å². The predicted octanol–water partition coefficient (Wildman–Crippen LogP) is 4.94. The second-order valence-electron chi connectivity index (χ2n) is 6.27. The van der Waals surface area contributed by atoms with Crippen LogP contribution >= 0.6 is 0 Å². The highest BCUT2D eigenvalue weighted by atomic mass is 19.1. The molecule has 0 saturated carbocycles. The van der Waals surface area contributed by atoms with Crippen molar-refractivity contribution in [3.8, 4) is 28.3 Å². The van der Waals surface area contributed by atoms with E-state index in [4.69, 9.17) is 9.15 Å². The molecule has 1 amide bonds. The lowest BCUT2D eigenvalue weighted by Crippen LogP contribution is -2.16. The Kier molecular flexibility index (Phi) is 5.21. The van der Waals surface area contributed by atoms with Crippen molar-refractivity contribution in [3.05, 3.63) is 84.5 Å². The van der Waals surface area contributed by atoms with Gasteiger partial charge in [-0.05, 0) is 29.8 Å². The summed E-state index contributed by atoms with van der Waals surface area (Å²) in [4.78, 5) is 19.8. The third kappa shape index (κ3) is 3.75. The van der Waals surface area contributed by atoms with E-state index in [1.165, 1.54) is 13.4 Å². The van der Waals surface area contributed by atoms with Gasteiger partial charge in [0.15, 0.2) is 11.6 Å². The number of carbonyl (C=O) groups excluding carboxylic acids is 1. The van der Waals surface area contributed by atoms with Crippen molar-refractivity contribution in [2.75, 3.05) is 12.4 Å². The van der Waals surface area contributed by atoms with Crippen LogP contribution in [0, 0.1) is 11.6 Å². The van der Waals surface area contributed by atoms with Crippen molar-refractivity contribution in [2.45, 2.75) is 0 Å².